The molecule has 2 unspecified atom stereocenters. The number of aromatic amines is 1. The summed E-state index contributed by atoms with van der Waals surface area (Å²) in [5.74, 6) is -0.435. The van der Waals surface area contributed by atoms with E-state index in [2.05, 4.69) is 34.3 Å². The van der Waals surface area contributed by atoms with Crippen LogP contribution in [0.4, 0.5) is 10.3 Å². The minimum absolute atomic E-state index is 0.339. The summed E-state index contributed by atoms with van der Waals surface area (Å²) in [6, 6.07) is 15.4. The lowest BCUT2D eigenvalue weighted by Gasteiger charge is -2.23. The Morgan fingerprint density at radius 1 is 0.872 bits per heavy atom. The third-order valence-electron chi connectivity index (χ3n) is 5.87. The van der Waals surface area contributed by atoms with Gasteiger partial charge >= 0.3 is 0 Å². The molecule has 5 aromatic rings. The van der Waals surface area contributed by atoms with Crippen LogP contribution in [0.15, 0.2) is 66.9 Å². The summed E-state index contributed by atoms with van der Waals surface area (Å²) < 4.78 is 8.70. The molecule has 0 aliphatic heterocycles. The molecule has 5 rings (SSSR count). The molecule has 0 saturated heterocycles. The average molecular weight is 560 g/mol. The van der Waals surface area contributed by atoms with Crippen molar-refractivity contribution in [2.75, 3.05) is 10.6 Å². The minimum Gasteiger partial charge on any atom is -0.368 e. The number of allylic oxidation sites excluding steroid dienone is 1. The highest BCUT2D eigenvalue weighted by Crippen LogP contribution is 2.22. The van der Waals surface area contributed by atoms with Gasteiger partial charge in [-0.25, -0.2) is 9.97 Å². The summed E-state index contributed by atoms with van der Waals surface area (Å²) in [5, 5.41) is 7.59. The molecule has 3 heterocycles. The van der Waals surface area contributed by atoms with E-state index in [1.807, 2.05) is 72.9 Å². The number of carbonyl (C=O) groups is 2. The highest BCUT2D eigenvalue weighted by Gasteiger charge is 2.33. The van der Waals surface area contributed by atoms with Crippen LogP contribution in [0.25, 0.3) is 17.0 Å². The topological polar surface area (TPSA) is 178 Å². The molecule has 0 bridgehead atoms. The Morgan fingerprint density at radius 2 is 1.49 bits per heavy atom. The third kappa shape index (κ3) is 6.45. The molecule has 39 heavy (non-hydrogen) atoms. The Kier molecular flexibility index (Phi) is 7.89. The number of hydrogen-bond acceptors (Lipinski definition) is 10. The number of aromatic nitrogens is 5. The molecule has 198 valence electrons. The van der Waals surface area contributed by atoms with Crippen LogP contribution in [-0.2, 0) is 22.4 Å². The van der Waals surface area contributed by atoms with Crippen LogP contribution >= 0.6 is 23.1 Å². The van der Waals surface area contributed by atoms with Crippen LogP contribution < -0.4 is 22.1 Å². The second kappa shape index (κ2) is 11.8. The van der Waals surface area contributed by atoms with E-state index in [4.69, 9.17) is 11.5 Å². The molecule has 0 saturated carbocycles. The molecule has 2 amide bonds. The van der Waals surface area contributed by atoms with Crippen LogP contribution in [0.2, 0.25) is 0 Å². The van der Waals surface area contributed by atoms with E-state index in [1.54, 1.807) is 0 Å². The number of nitrogens with zero attached hydrogens (tertiary/aromatic N) is 4. The van der Waals surface area contributed by atoms with Crippen molar-refractivity contribution in [3.63, 3.8) is 0 Å². The van der Waals surface area contributed by atoms with Crippen LogP contribution in [0.1, 0.15) is 22.8 Å². The zero-order valence-electron chi connectivity index (χ0n) is 20.6. The SMILES string of the molecule is NC(=O)C(Nc1nc(CC=Cc2ccccc2)ns1)C(Nc1nc(Cc2c[nH]c3ccccc23)ns1)C(N)=O. The van der Waals surface area contributed by atoms with Crippen molar-refractivity contribution in [2.45, 2.75) is 24.9 Å². The van der Waals surface area contributed by atoms with Gasteiger partial charge in [-0.1, -0.05) is 60.7 Å². The number of carbonyl (C=O) groups excluding carboxylic acids is 2. The maximum Gasteiger partial charge on any atom is 0.242 e. The van der Waals surface area contributed by atoms with Gasteiger partial charge < -0.3 is 27.1 Å². The fourth-order valence-corrected chi connectivity index (χ4v) is 5.25. The molecule has 2 atom stereocenters. The first-order valence-corrected chi connectivity index (χ1v) is 13.5. The summed E-state index contributed by atoms with van der Waals surface area (Å²) in [4.78, 5) is 36.8. The van der Waals surface area contributed by atoms with E-state index in [9.17, 15) is 9.59 Å². The van der Waals surface area contributed by atoms with Gasteiger partial charge in [0.05, 0.1) is 0 Å². The van der Waals surface area contributed by atoms with E-state index in [0.29, 0.717) is 34.8 Å². The van der Waals surface area contributed by atoms with Gasteiger partial charge in [-0.15, -0.1) is 0 Å². The first kappa shape index (κ1) is 26.0. The van der Waals surface area contributed by atoms with Crippen molar-refractivity contribution in [1.82, 2.24) is 23.7 Å². The lowest BCUT2D eigenvalue weighted by atomic mass is 10.1. The van der Waals surface area contributed by atoms with Crippen LogP contribution in [0.5, 0.6) is 0 Å². The number of H-pyrrole nitrogens is 1. The van der Waals surface area contributed by atoms with Crippen molar-refractivity contribution in [1.29, 1.82) is 0 Å². The van der Waals surface area contributed by atoms with Crippen molar-refractivity contribution >= 4 is 62.1 Å². The smallest absolute Gasteiger partial charge is 0.242 e. The van der Waals surface area contributed by atoms with Gasteiger partial charge in [-0.05, 0) is 17.2 Å². The standard InChI is InChI=1S/C26H25N9O2S2/c27-23(36)21(32-25-30-19(34-38-25)12-6-9-15-7-2-1-3-8-15)22(24(28)37)33-26-31-20(35-39-26)13-16-14-29-18-11-5-4-10-17(16)18/h1-11,14,21-22,29H,12-13H2,(H2,27,36)(H2,28,37)(H,30,32,34)(H,31,33,35). The number of fused-ring (bicyclic) bond motifs is 1. The molecule has 0 fully saturated rings. The maximum absolute atomic E-state index is 12.4. The number of rotatable bonds is 12. The predicted octanol–water partition coefficient (Wildman–Crippen LogP) is 2.95. The van der Waals surface area contributed by atoms with Gasteiger partial charge in [0.2, 0.25) is 22.1 Å². The Balaban J connectivity index is 1.25. The van der Waals surface area contributed by atoms with E-state index in [-0.39, 0.29) is 0 Å². The fraction of sp³-hybridized carbons (Fsp3) is 0.154. The van der Waals surface area contributed by atoms with Gasteiger partial charge in [0.15, 0.2) is 0 Å². The number of anilines is 2. The zero-order valence-corrected chi connectivity index (χ0v) is 22.2. The molecule has 13 heteroatoms. The van der Waals surface area contributed by atoms with Crippen molar-refractivity contribution in [2.24, 2.45) is 11.5 Å². The summed E-state index contributed by atoms with van der Waals surface area (Å²) in [6.45, 7) is 0. The fourth-order valence-electron chi connectivity index (χ4n) is 4.00. The largest absolute Gasteiger partial charge is 0.368 e. The monoisotopic (exact) mass is 559 g/mol. The molecular weight excluding hydrogens is 534 g/mol. The molecule has 7 N–H and O–H groups in total. The number of benzene rings is 2. The average Bonchev–Trinajstić information content (AvgIpc) is 3.67. The minimum atomic E-state index is -1.19. The number of para-hydroxylation sites is 1. The Bertz CT molecular complexity index is 1610. The van der Waals surface area contributed by atoms with Gasteiger partial charge in [-0.3, -0.25) is 9.59 Å². The highest BCUT2D eigenvalue weighted by atomic mass is 32.1. The summed E-state index contributed by atoms with van der Waals surface area (Å²) >= 11 is 2.13. The number of primary amides is 2. The third-order valence-corrected chi connectivity index (χ3v) is 7.24. The van der Waals surface area contributed by atoms with Crippen molar-refractivity contribution in [3.8, 4) is 0 Å². The molecule has 3 aromatic heterocycles. The zero-order chi connectivity index (χ0) is 27.2. The molecule has 0 radical (unpaired) electrons. The number of amides is 2. The maximum atomic E-state index is 12.4. The molecule has 0 aliphatic rings. The van der Waals surface area contributed by atoms with Crippen LogP contribution in [0, 0.1) is 0 Å². The Morgan fingerprint density at radius 3 is 2.18 bits per heavy atom. The van der Waals surface area contributed by atoms with Crippen LogP contribution in [0.3, 0.4) is 0 Å². The quantitative estimate of drug-likeness (QED) is 0.155. The van der Waals surface area contributed by atoms with Crippen molar-refractivity contribution in [3.05, 3.63) is 89.6 Å². The van der Waals surface area contributed by atoms with E-state index < -0.39 is 23.9 Å². The summed E-state index contributed by atoms with van der Waals surface area (Å²) in [7, 11) is 0. The Hall–Kier alpha value is -4.62. The van der Waals surface area contributed by atoms with Gasteiger partial charge in [0, 0.05) is 53.0 Å². The second-order valence-electron chi connectivity index (χ2n) is 8.63. The first-order valence-electron chi connectivity index (χ1n) is 12.0. The van der Waals surface area contributed by atoms with Gasteiger partial charge in [0.25, 0.3) is 0 Å². The number of hydrogen-bond donors (Lipinski definition) is 5. The van der Waals surface area contributed by atoms with Gasteiger partial charge in [0.1, 0.15) is 23.7 Å². The van der Waals surface area contributed by atoms with Crippen LogP contribution in [-0.4, -0.2) is 47.6 Å². The second-order valence-corrected chi connectivity index (χ2v) is 10.1. The first-order chi connectivity index (χ1) is 19.0. The number of nitrogens with one attached hydrogen (secondary N) is 3. The molecular formula is C26H25N9O2S2. The van der Waals surface area contributed by atoms with E-state index in [1.165, 1.54) is 0 Å². The lowest BCUT2D eigenvalue weighted by molar-refractivity contribution is -0.124. The molecule has 0 spiro atoms. The predicted molar refractivity (Wildman–Crippen MR) is 153 cm³/mol. The Labute approximate surface area is 231 Å². The van der Waals surface area contributed by atoms with Gasteiger partial charge in [-0.2, -0.15) is 8.75 Å². The lowest BCUT2D eigenvalue weighted by Crippen LogP contribution is -2.54. The summed E-state index contributed by atoms with van der Waals surface area (Å²) in [5.41, 5.74) is 14.4. The molecule has 11 nitrogen and oxygen atoms in total. The van der Waals surface area contributed by atoms with Crippen molar-refractivity contribution < 1.29 is 9.59 Å². The van der Waals surface area contributed by atoms with E-state index in [0.717, 1.165) is 45.1 Å². The van der Waals surface area contributed by atoms with E-state index >= 15 is 0 Å². The summed E-state index contributed by atoms with van der Waals surface area (Å²) in [6.07, 6.45) is 6.83. The highest BCUT2D eigenvalue weighted by molar-refractivity contribution is 7.10. The number of nitrogens with two attached hydrogens (primary N) is 2. The normalized spacial score (nSPS) is 12.9. The molecule has 0 aliphatic carbocycles. The molecule has 2 aromatic carbocycles.